The van der Waals surface area contributed by atoms with Gasteiger partial charge in [0.2, 0.25) is 0 Å². The zero-order valence-electron chi connectivity index (χ0n) is 11.9. The molecule has 2 rings (SSSR count). The zero-order valence-corrected chi connectivity index (χ0v) is 12.7. The molecule has 0 heterocycles. The number of carboxylic acids is 1. The first kappa shape index (κ1) is 15.8. The van der Waals surface area contributed by atoms with Crippen LogP contribution in [0.5, 0.6) is 0 Å². The van der Waals surface area contributed by atoms with Crippen LogP contribution in [0.4, 0.5) is 5.69 Å². The molecule has 0 aliphatic carbocycles. The molecule has 0 fully saturated rings. The Hall–Kier alpha value is -2.60. The molecular formula is C16H15NO4S. The maximum absolute atomic E-state index is 12.3. The summed E-state index contributed by atoms with van der Waals surface area (Å²) in [5, 5.41) is 8.87. The number of nitrogens with one attached hydrogen (secondary N) is 1. The number of sulfonamides is 1. The van der Waals surface area contributed by atoms with Gasteiger partial charge < -0.3 is 5.11 Å². The van der Waals surface area contributed by atoms with Crippen LogP contribution in [0, 0.1) is 0 Å². The molecule has 0 saturated heterocycles. The molecule has 2 N–H and O–H groups in total. The normalized spacial score (nSPS) is 12.0. The van der Waals surface area contributed by atoms with Crippen molar-refractivity contribution in [2.75, 3.05) is 4.72 Å². The van der Waals surface area contributed by atoms with E-state index in [1.165, 1.54) is 25.1 Å². The Bertz CT molecular complexity index is 811. The second kappa shape index (κ2) is 6.44. The second-order valence-electron chi connectivity index (χ2n) is 4.68. The third-order valence-corrected chi connectivity index (χ3v) is 4.29. The number of para-hydroxylation sites is 1. The molecule has 0 saturated carbocycles. The summed E-state index contributed by atoms with van der Waals surface area (Å²) in [5.74, 6) is -1.05. The predicted molar refractivity (Wildman–Crippen MR) is 85.0 cm³/mol. The first-order valence-corrected chi connectivity index (χ1v) is 7.96. The van der Waals surface area contributed by atoms with E-state index in [9.17, 15) is 13.2 Å². The van der Waals surface area contributed by atoms with E-state index in [-0.39, 0.29) is 10.5 Å². The molecule has 0 aliphatic heterocycles. The molecule has 0 aliphatic rings. The highest BCUT2D eigenvalue weighted by Crippen LogP contribution is 2.18. The fourth-order valence-electron chi connectivity index (χ4n) is 1.80. The van der Waals surface area contributed by atoms with Crippen molar-refractivity contribution in [3.63, 3.8) is 0 Å². The standard InChI is InChI=1S/C16H15NO4S/c1-12(16(18)19)10-13-6-5-9-15(11-13)22(20,21)17-14-7-3-2-4-8-14/h2-11,17H,1H3,(H,18,19)/b12-10+. The van der Waals surface area contributed by atoms with Gasteiger partial charge in [0.1, 0.15) is 0 Å². The van der Waals surface area contributed by atoms with E-state index in [1.807, 2.05) is 0 Å². The van der Waals surface area contributed by atoms with Gasteiger partial charge in [0.25, 0.3) is 10.0 Å². The number of anilines is 1. The smallest absolute Gasteiger partial charge is 0.331 e. The predicted octanol–water partition coefficient (Wildman–Crippen LogP) is 2.98. The lowest BCUT2D eigenvalue weighted by molar-refractivity contribution is -0.132. The second-order valence-corrected chi connectivity index (χ2v) is 6.36. The maximum Gasteiger partial charge on any atom is 0.331 e. The summed E-state index contributed by atoms with van der Waals surface area (Å²) in [5.41, 5.74) is 1.10. The molecular weight excluding hydrogens is 302 g/mol. The first-order valence-electron chi connectivity index (χ1n) is 6.48. The maximum atomic E-state index is 12.3. The van der Waals surface area contributed by atoms with Crippen LogP contribution < -0.4 is 4.72 Å². The van der Waals surface area contributed by atoms with Crippen molar-refractivity contribution in [1.82, 2.24) is 0 Å². The lowest BCUT2D eigenvalue weighted by Gasteiger charge is -2.08. The third-order valence-electron chi connectivity index (χ3n) is 2.91. The molecule has 2 aromatic rings. The highest BCUT2D eigenvalue weighted by Gasteiger charge is 2.14. The lowest BCUT2D eigenvalue weighted by atomic mass is 10.1. The van der Waals surface area contributed by atoms with E-state index in [0.717, 1.165) is 0 Å². The highest BCUT2D eigenvalue weighted by atomic mass is 32.2. The van der Waals surface area contributed by atoms with Crippen LogP contribution >= 0.6 is 0 Å². The highest BCUT2D eigenvalue weighted by molar-refractivity contribution is 7.92. The third kappa shape index (κ3) is 3.95. The van der Waals surface area contributed by atoms with Crippen molar-refractivity contribution in [2.45, 2.75) is 11.8 Å². The van der Waals surface area contributed by atoms with E-state index in [2.05, 4.69) is 4.72 Å². The molecule has 5 nitrogen and oxygen atoms in total. The summed E-state index contributed by atoms with van der Waals surface area (Å²) in [4.78, 5) is 10.9. The van der Waals surface area contributed by atoms with Crippen LogP contribution in [0.2, 0.25) is 0 Å². The molecule has 0 spiro atoms. The summed E-state index contributed by atoms with van der Waals surface area (Å²) < 4.78 is 27.1. The SMILES string of the molecule is C/C(=C\c1cccc(S(=O)(=O)Nc2ccccc2)c1)C(=O)O. The minimum atomic E-state index is -3.72. The Morgan fingerprint density at radius 3 is 2.41 bits per heavy atom. The molecule has 0 bridgehead atoms. The Balaban J connectivity index is 2.32. The van der Waals surface area contributed by atoms with Gasteiger partial charge in [-0.15, -0.1) is 0 Å². The monoisotopic (exact) mass is 317 g/mol. The van der Waals surface area contributed by atoms with Crippen molar-refractivity contribution in [2.24, 2.45) is 0 Å². The Labute approximate surface area is 129 Å². The van der Waals surface area contributed by atoms with Gasteiger partial charge in [-0.1, -0.05) is 30.3 Å². The Kier molecular flexibility index (Phi) is 4.62. The van der Waals surface area contributed by atoms with Crippen LogP contribution in [0.3, 0.4) is 0 Å². The van der Waals surface area contributed by atoms with Crippen LogP contribution in [-0.4, -0.2) is 19.5 Å². The summed E-state index contributed by atoms with van der Waals surface area (Å²) in [6, 6.07) is 14.6. The minimum Gasteiger partial charge on any atom is -0.478 e. The van der Waals surface area contributed by atoms with Crippen LogP contribution in [0.15, 0.2) is 65.1 Å². The van der Waals surface area contributed by atoms with E-state index in [0.29, 0.717) is 11.3 Å². The van der Waals surface area contributed by atoms with Crippen LogP contribution in [0.25, 0.3) is 6.08 Å². The molecule has 6 heteroatoms. The molecule has 0 amide bonds. The summed E-state index contributed by atoms with van der Waals surface area (Å²) in [6.07, 6.45) is 1.42. The van der Waals surface area contributed by atoms with Gasteiger partial charge >= 0.3 is 5.97 Å². The number of carboxylic acid groups (broad SMARTS) is 1. The van der Waals surface area contributed by atoms with Gasteiger partial charge in [-0.3, -0.25) is 4.72 Å². The van der Waals surface area contributed by atoms with E-state index in [1.54, 1.807) is 42.5 Å². The van der Waals surface area contributed by atoms with Gasteiger partial charge in [0.05, 0.1) is 4.90 Å². The van der Waals surface area contributed by atoms with Gasteiger partial charge in [0, 0.05) is 11.3 Å². The van der Waals surface area contributed by atoms with Crippen molar-refractivity contribution in [3.05, 3.63) is 65.7 Å². The number of aliphatic carboxylic acids is 1. The zero-order chi connectivity index (χ0) is 16.2. The molecule has 0 unspecified atom stereocenters. The quantitative estimate of drug-likeness (QED) is 0.830. The molecule has 0 aromatic heterocycles. The van der Waals surface area contributed by atoms with Gasteiger partial charge in [0.15, 0.2) is 0 Å². The Morgan fingerprint density at radius 1 is 1.09 bits per heavy atom. The molecule has 114 valence electrons. The summed E-state index contributed by atoms with van der Waals surface area (Å²) in [7, 11) is -3.72. The first-order chi connectivity index (χ1) is 10.4. The fourth-order valence-corrected chi connectivity index (χ4v) is 2.92. The average molecular weight is 317 g/mol. The largest absolute Gasteiger partial charge is 0.478 e. The van der Waals surface area contributed by atoms with Gasteiger partial charge in [-0.25, -0.2) is 13.2 Å². The lowest BCUT2D eigenvalue weighted by Crippen LogP contribution is -2.12. The van der Waals surface area contributed by atoms with Crippen molar-refractivity contribution >= 4 is 27.8 Å². The number of hydrogen-bond donors (Lipinski definition) is 2. The molecule has 22 heavy (non-hydrogen) atoms. The minimum absolute atomic E-state index is 0.0725. The molecule has 2 aromatic carbocycles. The van der Waals surface area contributed by atoms with E-state index >= 15 is 0 Å². The van der Waals surface area contributed by atoms with Gasteiger partial charge in [-0.05, 0) is 42.8 Å². The number of hydrogen-bond acceptors (Lipinski definition) is 3. The van der Waals surface area contributed by atoms with Crippen LogP contribution in [0.1, 0.15) is 12.5 Å². The topological polar surface area (TPSA) is 83.5 Å². The van der Waals surface area contributed by atoms with E-state index in [4.69, 9.17) is 5.11 Å². The summed E-state index contributed by atoms with van der Waals surface area (Å²) >= 11 is 0. The van der Waals surface area contributed by atoms with E-state index < -0.39 is 16.0 Å². The number of rotatable bonds is 5. The molecule has 0 atom stereocenters. The number of carbonyl (C=O) groups is 1. The Morgan fingerprint density at radius 2 is 1.77 bits per heavy atom. The summed E-state index contributed by atoms with van der Waals surface area (Å²) in [6.45, 7) is 1.45. The van der Waals surface area contributed by atoms with Crippen molar-refractivity contribution in [3.8, 4) is 0 Å². The van der Waals surface area contributed by atoms with Crippen molar-refractivity contribution in [1.29, 1.82) is 0 Å². The fraction of sp³-hybridized carbons (Fsp3) is 0.0625. The van der Waals surface area contributed by atoms with Crippen LogP contribution in [-0.2, 0) is 14.8 Å². The van der Waals surface area contributed by atoms with Crippen molar-refractivity contribution < 1.29 is 18.3 Å². The van der Waals surface area contributed by atoms with Gasteiger partial charge in [-0.2, -0.15) is 0 Å². The molecule has 0 radical (unpaired) electrons. The average Bonchev–Trinajstić information content (AvgIpc) is 2.48. The number of benzene rings is 2.